The van der Waals surface area contributed by atoms with Crippen LogP contribution in [-0.4, -0.2) is 103 Å². The van der Waals surface area contributed by atoms with E-state index >= 15 is 0 Å². The molecular formula is C21H40O16P2. The minimum absolute atomic E-state index is 0.0379. The second-order valence-corrected chi connectivity index (χ2v) is 11.7. The van der Waals surface area contributed by atoms with Gasteiger partial charge in [0.15, 0.2) is 6.10 Å². The Kier molecular flexibility index (Phi) is 15.8. The molecule has 0 heterocycles. The Bertz CT molecular complexity index is 834. The topological polar surface area (TPSA) is 256 Å². The van der Waals surface area contributed by atoms with Crippen LogP contribution >= 0.6 is 15.6 Å². The molecule has 7 N–H and O–H groups in total. The number of hydrogen-bond acceptors (Lipinski definition) is 13. The summed E-state index contributed by atoms with van der Waals surface area (Å²) in [6.45, 7) is 2.57. The lowest BCUT2D eigenvalue weighted by Crippen LogP contribution is -2.64. The van der Waals surface area contributed by atoms with Gasteiger partial charge >= 0.3 is 27.6 Å². The van der Waals surface area contributed by atoms with Gasteiger partial charge in [0.05, 0.1) is 6.61 Å². The van der Waals surface area contributed by atoms with Crippen molar-refractivity contribution in [3.05, 3.63) is 0 Å². The molecule has 0 saturated heterocycles. The molecule has 1 aliphatic rings. The van der Waals surface area contributed by atoms with E-state index in [0.717, 1.165) is 25.7 Å². The number of carbonyl (C=O) groups excluding carboxylic acids is 2. The molecule has 18 heteroatoms. The van der Waals surface area contributed by atoms with Gasteiger partial charge in [-0.25, -0.2) is 9.13 Å². The maximum Gasteiger partial charge on any atom is 0.472 e. The van der Waals surface area contributed by atoms with Crippen LogP contribution in [0, 0.1) is 0 Å². The standard InChI is InChI=1S/C21H40O16P2/c1-3-5-7-9-14(22)33-11-13(35-15(23)10-8-6-4-2)12-34-39(31,32)37-21-18(26)16(24)20(17(25)19(21)27)36-38(28,29)30/h13,16-21,24-27H,3-12H2,1-2H3,(H,31,32)(H2,28,29,30)/t13-,16-,17+,18+,19-,20?,21?/m1/s1. The molecular weight excluding hydrogens is 570 g/mol. The van der Waals surface area contributed by atoms with Gasteiger partial charge < -0.3 is 44.6 Å². The number of phosphoric acid groups is 2. The molecule has 230 valence electrons. The average molecular weight is 610 g/mol. The number of unbranched alkanes of at least 4 members (excludes halogenated alkanes) is 4. The van der Waals surface area contributed by atoms with E-state index in [1.54, 1.807) is 0 Å². The minimum Gasteiger partial charge on any atom is -0.462 e. The molecule has 39 heavy (non-hydrogen) atoms. The first-order chi connectivity index (χ1) is 18.1. The van der Waals surface area contributed by atoms with Crippen LogP contribution in [0.1, 0.15) is 65.2 Å². The van der Waals surface area contributed by atoms with Crippen LogP contribution in [0.4, 0.5) is 0 Å². The smallest absolute Gasteiger partial charge is 0.462 e. The summed E-state index contributed by atoms with van der Waals surface area (Å²) in [4.78, 5) is 52.0. The average Bonchev–Trinajstić information content (AvgIpc) is 2.85. The zero-order valence-corrected chi connectivity index (χ0v) is 23.6. The third-order valence-electron chi connectivity index (χ3n) is 5.68. The number of carbonyl (C=O) groups is 2. The number of aliphatic hydroxyl groups is 4. The molecule has 0 aromatic carbocycles. The molecule has 0 spiro atoms. The Hall–Kier alpha value is -1.00. The van der Waals surface area contributed by atoms with E-state index in [1.807, 2.05) is 13.8 Å². The van der Waals surface area contributed by atoms with Gasteiger partial charge in [-0.05, 0) is 12.8 Å². The lowest BCUT2D eigenvalue weighted by molar-refractivity contribution is -0.216. The van der Waals surface area contributed by atoms with Gasteiger partial charge in [-0.15, -0.1) is 0 Å². The molecule has 0 aromatic rings. The van der Waals surface area contributed by atoms with Crippen LogP contribution in [0.25, 0.3) is 0 Å². The highest BCUT2D eigenvalue weighted by Crippen LogP contribution is 2.48. The molecule has 0 aliphatic heterocycles. The Morgan fingerprint density at radius 2 is 1.18 bits per heavy atom. The normalized spacial score (nSPS) is 27.9. The van der Waals surface area contributed by atoms with Gasteiger partial charge in [0.1, 0.15) is 43.2 Å². The van der Waals surface area contributed by atoms with E-state index in [-0.39, 0.29) is 12.8 Å². The van der Waals surface area contributed by atoms with Crippen molar-refractivity contribution in [3.63, 3.8) is 0 Å². The second kappa shape index (κ2) is 17.1. The van der Waals surface area contributed by atoms with Crippen molar-refractivity contribution in [2.24, 2.45) is 0 Å². The molecule has 1 saturated carbocycles. The fourth-order valence-electron chi connectivity index (χ4n) is 3.61. The summed E-state index contributed by atoms with van der Waals surface area (Å²) in [7, 11) is -10.5. The Morgan fingerprint density at radius 3 is 1.64 bits per heavy atom. The van der Waals surface area contributed by atoms with Crippen molar-refractivity contribution in [3.8, 4) is 0 Å². The predicted octanol–water partition coefficient (Wildman–Crippen LogP) is 0.0393. The predicted molar refractivity (Wildman–Crippen MR) is 131 cm³/mol. The highest BCUT2D eigenvalue weighted by molar-refractivity contribution is 7.47. The Morgan fingerprint density at radius 1 is 0.718 bits per heavy atom. The molecule has 16 nitrogen and oxygen atoms in total. The summed E-state index contributed by atoms with van der Waals surface area (Å²) in [6, 6.07) is 0. The van der Waals surface area contributed by atoms with Crippen molar-refractivity contribution in [1.29, 1.82) is 0 Å². The number of phosphoric ester groups is 2. The van der Waals surface area contributed by atoms with Gasteiger partial charge in [0, 0.05) is 12.8 Å². The summed E-state index contributed by atoms with van der Waals surface area (Å²) in [5.74, 6) is -1.25. The van der Waals surface area contributed by atoms with E-state index in [9.17, 15) is 44.0 Å². The lowest BCUT2D eigenvalue weighted by atomic mass is 9.85. The van der Waals surface area contributed by atoms with E-state index in [0.29, 0.717) is 12.8 Å². The second-order valence-electron chi connectivity index (χ2n) is 9.07. The summed E-state index contributed by atoms with van der Waals surface area (Å²) >= 11 is 0. The van der Waals surface area contributed by atoms with Crippen molar-refractivity contribution < 1.29 is 76.9 Å². The third-order valence-corrected chi connectivity index (χ3v) is 7.18. The Labute approximate surface area is 226 Å². The number of aliphatic hydroxyl groups excluding tert-OH is 4. The molecule has 0 radical (unpaired) electrons. The maximum atomic E-state index is 12.5. The fourth-order valence-corrected chi connectivity index (χ4v) is 5.15. The molecule has 0 amide bonds. The molecule has 8 atom stereocenters. The van der Waals surface area contributed by atoms with Crippen LogP contribution < -0.4 is 0 Å². The maximum absolute atomic E-state index is 12.5. The number of ether oxygens (including phenoxy) is 2. The van der Waals surface area contributed by atoms with E-state index < -0.39 is 83.5 Å². The highest BCUT2D eigenvalue weighted by atomic mass is 31.2. The van der Waals surface area contributed by atoms with Crippen molar-refractivity contribution in [2.75, 3.05) is 13.2 Å². The Balaban J connectivity index is 2.84. The van der Waals surface area contributed by atoms with Crippen molar-refractivity contribution >= 4 is 27.6 Å². The minimum atomic E-state index is -5.28. The SMILES string of the molecule is CCCCCC(=O)OC[C@H](COP(=O)(O)OC1[C@@H](O)[C@@H](O)C(OP(=O)(O)O)[C@@H](O)[C@H]1O)OC(=O)CCCCC. The largest absolute Gasteiger partial charge is 0.472 e. The fraction of sp³-hybridized carbons (Fsp3) is 0.905. The van der Waals surface area contributed by atoms with Gasteiger partial charge in [0.2, 0.25) is 0 Å². The molecule has 1 fully saturated rings. The van der Waals surface area contributed by atoms with E-state index in [1.165, 1.54) is 0 Å². The summed E-state index contributed by atoms with van der Waals surface area (Å²) in [5, 5.41) is 40.5. The zero-order chi connectivity index (χ0) is 29.8. The van der Waals surface area contributed by atoms with Crippen LogP contribution in [0.3, 0.4) is 0 Å². The first kappa shape index (κ1) is 36.0. The van der Waals surface area contributed by atoms with Crippen LogP contribution in [-0.2, 0) is 41.8 Å². The summed E-state index contributed by atoms with van der Waals surface area (Å²) < 4.78 is 47.6. The summed E-state index contributed by atoms with van der Waals surface area (Å²) in [5.41, 5.74) is 0. The number of rotatable bonds is 18. The van der Waals surface area contributed by atoms with Crippen molar-refractivity contribution in [2.45, 2.75) is 108 Å². The first-order valence-corrected chi connectivity index (χ1v) is 15.6. The third kappa shape index (κ3) is 13.5. The van der Waals surface area contributed by atoms with Gasteiger partial charge in [-0.2, -0.15) is 0 Å². The molecule has 0 bridgehead atoms. The van der Waals surface area contributed by atoms with E-state index in [4.69, 9.17) is 28.3 Å². The van der Waals surface area contributed by atoms with Crippen molar-refractivity contribution in [1.82, 2.24) is 0 Å². The van der Waals surface area contributed by atoms with Crippen LogP contribution in [0.5, 0.6) is 0 Å². The molecule has 3 unspecified atom stereocenters. The zero-order valence-electron chi connectivity index (χ0n) is 21.8. The van der Waals surface area contributed by atoms with Crippen LogP contribution in [0.2, 0.25) is 0 Å². The number of esters is 2. The van der Waals surface area contributed by atoms with Crippen LogP contribution in [0.15, 0.2) is 0 Å². The molecule has 1 rings (SSSR count). The molecule has 1 aliphatic carbocycles. The van der Waals surface area contributed by atoms with Gasteiger partial charge in [-0.3, -0.25) is 23.2 Å². The summed E-state index contributed by atoms with van der Waals surface area (Å²) in [6.07, 6.45) is -10.2. The van der Waals surface area contributed by atoms with E-state index in [2.05, 4.69) is 4.52 Å². The first-order valence-electron chi connectivity index (χ1n) is 12.6. The highest BCUT2D eigenvalue weighted by Gasteiger charge is 2.54. The van der Waals surface area contributed by atoms with Gasteiger partial charge in [0.25, 0.3) is 0 Å². The lowest BCUT2D eigenvalue weighted by Gasteiger charge is -2.43. The monoisotopic (exact) mass is 610 g/mol. The van der Waals surface area contributed by atoms with Gasteiger partial charge in [-0.1, -0.05) is 39.5 Å². The number of hydrogen-bond donors (Lipinski definition) is 7. The quantitative estimate of drug-likeness (QED) is 0.0614. The molecule has 0 aromatic heterocycles.